The fraction of sp³-hybridized carbons (Fsp3) is 0.133. The molecule has 6 rings (SSSR count). The average Bonchev–Trinajstić information content (AvgIpc) is 3.64. The third-order valence-corrected chi connectivity index (χ3v) is 6.61. The van der Waals surface area contributed by atoms with Crippen LogP contribution in [0.25, 0.3) is 22.5 Å². The summed E-state index contributed by atoms with van der Waals surface area (Å²) in [4.78, 5) is 27.6. The van der Waals surface area contributed by atoms with Gasteiger partial charge in [0.05, 0.1) is 46.9 Å². The standard InChI is InChI=1S/C30H25F3N10O2/c1-18-10-12-42(40-18)25-9-6-20(30(31,32)33)14-24(25)38-28(44)37-21-15-34-29(35-16-21)45-22-7-4-19(5-8-22)23-17-36-43-13-11-26(41(2)3)39-27(23)43/h4-17H,1-3H3,(H2,37,38,44). The quantitative estimate of drug-likeness (QED) is 0.218. The molecule has 2 N–H and O–H groups in total. The molecule has 12 nitrogen and oxygen atoms in total. The summed E-state index contributed by atoms with van der Waals surface area (Å²) in [7, 11) is 3.83. The summed E-state index contributed by atoms with van der Waals surface area (Å²) in [5.74, 6) is 1.28. The number of halogens is 3. The van der Waals surface area contributed by atoms with Gasteiger partial charge in [0, 0.05) is 32.1 Å². The molecule has 0 fully saturated rings. The lowest BCUT2D eigenvalue weighted by molar-refractivity contribution is -0.137. The molecular formula is C30H25F3N10O2. The van der Waals surface area contributed by atoms with Crippen LogP contribution in [0.3, 0.4) is 0 Å². The molecule has 0 saturated carbocycles. The minimum atomic E-state index is -4.60. The van der Waals surface area contributed by atoms with E-state index in [1.807, 2.05) is 43.4 Å². The molecule has 2 amide bonds. The number of amides is 2. The van der Waals surface area contributed by atoms with Crippen LogP contribution in [-0.4, -0.2) is 54.5 Å². The molecule has 228 valence electrons. The van der Waals surface area contributed by atoms with E-state index < -0.39 is 17.8 Å². The van der Waals surface area contributed by atoms with E-state index in [-0.39, 0.29) is 23.1 Å². The van der Waals surface area contributed by atoms with Gasteiger partial charge in [0.2, 0.25) is 0 Å². The van der Waals surface area contributed by atoms with Crippen LogP contribution in [0.1, 0.15) is 11.3 Å². The molecule has 0 aliphatic rings. The van der Waals surface area contributed by atoms with Gasteiger partial charge in [-0.1, -0.05) is 12.1 Å². The Morgan fingerprint density at radius 1 is 0.933 bits per heavy atom. The van der Waals surface area contributed by atoms with Gasteiger partial charge in [-0.15, -0.1) is 0 Å². The molecule has 6 aromatic rings. The number of aryl methyl sites for hydroxylation is 1. The number of carbonyl (C=O) groups excluding carboxylic acids is 1. The number of hydrogen-bond acceptors (Lipinski definition) is 8. The van der Waals surface area contributed by atoms with Gasteiger partial charge in [0.1, 0.15) is 11.6 Å². The van der Waals surface area contributed by atoms with Gasteiger partial charge in [0.25, 0.3) is 0 Å². The summed E-state index contributed by atoms with van der Waals surface area (Å²) in [6, 6.07) is 13.0. The highest BCUT2D eigenvalue weighted by molar-refractivity contribution is 6.00. The topological polar surface area (TPSA) is 127 Å². The smallest absolute Gasteiger partial charge is 0.416 e. The number of aromatic nitrogens is 7. The first-order chi connectivity index (χ1) is 21.5. The number of nitrogens with one attached hydrogen (secondary N) is 2. The van der Waals surface area contributed by atoms with E-state index in [9.17, 15) is 18.0 Å². The predicted octanol–water partition coefficient (Wildman–Crippen LogP) is 6.20. The van der Waals surface area contributed by atoms with Crippen molar-refractivity contribution in [2.75, 3.05) is 29.6 Å². The molecule has 0 unspecified atom stereocenters. The van der Waals surface area contributed by atoms with Crippen LogP contribution in [0.5, 0.6) is 11.8 Å². The number of rotatable bonds is 7. The van der Waals surface area contributed by atoms with Crippen molar-refractivity contribution in [3.63, 3.8) is 0 Å². The first kappa shape index (κ1) is 29.1. The van der Waals surface area contributed by atoms with Gasteiger partial charge in [-0.2, -0.15) is 23.4 Å². The second-order valence-corrected chi connectivity index (χ2v) is 10.1. The van der Waals surface area contributed by atoms with Crippen molar-refractivity contribution in [1.29, 1.82) is 0 Å². The molecule has 0 aliphatic carbocycles. The minimum Gasteiger partial charge on any atom is -0.424 e. The fourth-order valence-electron chi connectivity index (χ4n) is 4.40. The van der Waals surface area contributed by atoms with Gasteiger partial charge in [-0.3, -0.25) is 0 Å². The highest BCUT2D eigenvalue weighted by Crippen LogP contribution is 2.33. The van der Waals surface area contributed by atoms with Gasteiger partial charge < -0.3 is 20.3 Å². The van der Waals surface area contributed by atoms with Crippen molar-refractivity contribution < 1.29 is 22.7 Å². The van der Waals surface area contributed by atoms with Crippen molar-refractivity contribution in [1.82, 2.24) is 34.3 Å². The summed E-state index contributed by atoms with van der Waals surface area (Å²) in [5, 5.41) is 13.6. The Kier molecular flexibility index (Phi) is 7.50. The molecule has 4 heterocycles. The van der Waals surface area contributed by atoms with E-state index in [4.69, 9.17) is 4.74 Å². The number of fused-ring (bicyclic) bond motifs is 1. The largest absolute Gasteiger partial charge is 0.424 e. The zero-order chi connectivity index (χ0) is 31.7. The Bertz CT molecular complexity index is 1980. The maximum Gasteiger partial charge on any atom is 0.416 e. The number of nitrogens with zero attached hydrogens (tertiary/aromatic N) is 8. The van der Waals surface area contributed by atoms with Crippen LogP contribution >= 0.6 is 0 Å². The summed E-state index contributed by atoms with van der Waals surface area (Å²) in [5.41, 5.74) is 2.55. The first-order valence-electron chi connectivity index (χ1n) is 13.5. The van der Waals surface area contributed by atoms with Crippen molar-refractivity contribution in [2.24, 2.45) is 0 Å². The van der Waals surface area contributed by atoms with Gasteiger partial charge in [-0.25, -0.2) is 28.9 Å². The van der Waals surface area contributed by atoms with E-state index in [2.05, 4.69) is 35.8 Å². The number of ether oxygens (including phenoxy) is 1. The monoisotopic (exact) mass is 614 g/mol. The summed E-state index contributed by atoms with van der Waals surface area (Å²) < 4.78 is 49.0. The Balaban J connectivity index is 1.12. The zero-order valence-corrected chi connectivity index (χ0v) is 24.1. The van der Waals surface area contributed by atoms with Crippen LogP contribution in [0, 0.1) is 6.92 Å². The van der Waals surface area contributed by atoms with Crippen LogP contribution in [0.4, 0.5) is 35.2 Å². The molecule has 0 atom stereocenters. The Morgan fingerprint density at radius 2 is 1.69 bits per heavy atom. The number of carbonyl (C=O) groups is 1. The van der Waals surface area contributed by atoms with Crippen molar-refractivity contribution >= 4 is 28.9 Å². The predicted molar refractivity (Wildman–Crippen MR) is 161 cm³/mol. The maximum atomic E-state index is 13.4. The number of anilines is 3. The van der Waals surface area contributed by atoms with Gasteiger partial charge >= 0.3 is 18.2 Å². The van der Waals surface area contributed by atoms with Crippen molar-refractivity contribution in [3.05, 3.63) is 96.8 Å². The van der Waals surface area contributed by atoms with Crippen molar-refractivity contribution in [3.8, 4) is 28.6 Å². The molecule has 45 heavy (non-hydrogen) atoms. The van der Waals surface area contributed by atoms with E-state index in [0.717, 1.165) is 29.1 Å². The second kappa shape index (κ2) is 11.6. The summed E-state index contributed by atoms with van der Waals surface area (Å²) in [6.45, 7) is 1.74. The number of urea groups is 1. The number of hydrogen-bond donors (Lipinski definition) is 2. The maximum absolute atomic E-state index is 13.4. The second-order valence-electron chi connectivity index (χ2n) is 10.1. The molecule has 2 aromatic carbocycles. The lowest BCUT2D eigenvalue weighted by Crippen LogP contribution is -2.21. The molecule has 0 saturated heterocycles. The lowest BCUT2D eigenvalue weighted by atomic mass is 10.1. The SMILES string of the molecule is Cc1ccn(-c2ccc(C(F)(F)F)cc2NC(=O)Nc2cnc(Oc3ccc(-c4cnn5ccc(N(C)C)nc45)cc3)nc2)n1. The zero-order valence-electron chi connectivity index (χ0n) is 24.1. The highest BCUT2D eigenvalue weighted by atomic mass is 19.4. The van der Waals surface area contributed by atoms with E-state index in [1.165, 1.54) is 23.1 Å². The number of benzene rings is 2. The average molecular weight is 615 g/mol. The highest BCUT2D eigenvalue weighted by Gasteiger charge is 2.31. The van der Waals surface area contributed by atoms with E-state index >= 15 is 0 Å². The lowest BCUT2D eigenvalue weighted by Gasteiger charge is -2.15. The van der Waals surface area contributed by atoms with Crippen LogP contribution in [-0.2, 0) is 6.18 Å². The van der Waals surface area contributed by atoms with E-state index in [0.29, 0.717) is 17.1 Å². The van der Waals surface area contributed by atoms with Crippen LogP contribution in [0.15, 0.2) is 85.6 Å². The minimum absolute atomic E-state index is 0.0243. The van der Waals surface area contributed by atoms with Gasteiger partial charge in [0.15, 0.2) is 5.65 Å². The molecular weight excluding hydrogens is 589 g/mol. The van der Waals surface area contributed by atoms with Gasteiger partial charge in [-0.05, 0) is 55.0 Å². The Hall–Kier alpha value is -5.99. The fourth-order valence-corrected chi connectivity index (χ4v) is 4.40. The molecule has 0 aliphatic heterocycles. The Morgan fingerprint density at radius 3 is 2.36 bits per heavy atom. The van der Waals surface area contributed by atoms with Crippen LogP contribution < -0.4 is 20.3 Å². The van der Waals surface area contributed by atoms with Crippen LogP contribution in [0.2, 0.25) is 0 Å². The molecule has 15 heteroatoms. The third kappa shape index (κ3) is 6.36. The normalized spacial score (nSPS) is 11.4. The van der Waals surface area contributed by atoms with Crippen molar-refractivity contribution in [2.45, 2.75) is 13.1 Å². The third-order valence-electron chi connectivity index (χ3n) is 6.61. The van der Waals surface area contributed by atoms with E-state index in [1.54, 1.807) is 42.0 Å². The Labute approximate surface area is 254 Å². The summed E-state index contributed by atoms with van der Waals surface area (Å²) >= 11 is 0. The molecule has 4 aromatic heterocycles. The first-order valence-corrected chi connectivity index (χ1v) is 13.5. The molecule has 0 bridgehead atoms. The summed E-state index contributed by atoms with van der Waals surface area (Å²) in [6.07, 6.45) is 3.20. The molecule has 0 radical (unpaired) electrons. The number of alkyl halides is 3. The molecule has 0 spiro atoms.